The van der Waals surface area contributed by atoms with Gasteiger partial charge in [0.25, 0.3) is 0 Å². The van der Waals surface area contributed by atoms with E-state index >= 15 is 0 Å². The zero-order valence-corrected chi connectivity index (χ0v) is 11.1. The van der Waals surface area contributed by atoms with E-state index < -0.39 is 11.8 Å². The number of benzene rings is 1. The molecule has 0 aliphatic carbocycles. The monoisotopic (exact) mass is 271 g/mol. The molecular weight excluding hydrogens is 254 g/mol. The van der Waals surface area contributed by atoms with Gasteiger partial charge in [0, 0.05) is 31.3 Å². The van der Waals surface area contributed by atoms with Gasteiger partial charge < -0.3 is 15.2 Å². The van der Waals surface area contributed by atoms with Crippen molar-refractivity contribution < 1.29 is 9.59 Å². The molecule has 2 amide bonds. The molecule has 1 aromatic heterocycles. The Morgan fingerprint density at radius 3 is 2.35 bits per heavy atom. The van der Waals surface area contributed by atoms with Gasteiger partial charge >= 0.3 is 11.8 Å². The molecule has 0 spiro atoms. The third-order valence-corrected chi connectivity index (χ3v) is 2.91. The summed E-state index contributed by atoms with van der Waals surface area (Å²) in [7, 11) is 0. The summed E-state index contributed by atoms with van der Waals surface area (Å²) in [5.41, 5.74) is 1.28. The van der Waals surface area contributed by atoms with E-state index in [4.69, 9.17) is 0 Å². The molecule has 0 radical (unpaired) electrons. The molecular formula is C15H17N3O2. The number of carbonyl (C=O) groups excluding carboxylic acids is 2. The highest BCUT2D eigenvalue weighted by molar-refractivity contribution is 6.35. The van der Waals surface area contributed by atoms with Gasteiger partial charge in [-0.2, -0.15) is 0 Å². The van der Waals surface area contributed by atoms with Crippen LogP contribution in [0.1, 0.15) is 0 Å². The lowest BCUT2D eigenvalue weighted by Gasteiger charge is -2.10. The van der Waals surface area contributed by atoms with Crippen molar-refractivity contribution in [1.82, 2.24) is 15.2 Å². The van der Waals surface area contributed by atoms with Crippen LogP contribution >= 0.6 is 0 Å². The second kappa shape index (κ2) is 6.56. The maximum atomic E-state index is 10.3. The number of nitrogens with one attached hydrogen (secondary N) is 2. The Labute approximate surface area is 117 Å². The van der Waals surface area contributed by atoms with E-state index in [0.717, 1.165) is 6.54 Å². The van der Waals surface area contributed by atoms with E-state index in [2.05, 4.69) is 58.3 Å². The quantitative estimate of drug-likeness (QED) is 0.633. The molecule has 1 saturated heterocycles. The van der Waals surface area contributed by atoms with Gasteiger partial charge in [0.05, 0.1) is 0 Å². The van der Waals surface area contributed by atoms with Crippen LogP contribution in [0.3, 0.4) is 0 Å². The van der Waals surface area contributed by atoms with Crippen LogP contribution in [0.4, 0.5) is 0 Å². The average Bonchev–Trinajstić information content (AvgIpc) is 2.87. The van der Waals surface area contributed by atoms with Gasteiger partial charge in [-0.3, -0.25) is 9.59 Å². The Morgan fingerprint density at radius 2 is 1.75 bits per heavy atom. The third kappa shape index (κ3) is 3.26. The predicted molar refractivity (Wildman–Crippen MR) is 78.2 cm³/mol. The Kier molecular flexibility index (Phi) is 4.55. The number of hydrogen-bond donors (Lipinski definition) is 2. The van der Waals surface area contributed by atoms with Gasteiger partial charge in [-0.15, -0.1) is 6.58 Å². The predicted octanol–water partition coefficient (Wildman–Crippen LogP) is 1.06. The summed E-state index contributed by atoms with van der Waals surface area (Å²) >= 11 is 0. The van der Waals surface area contributed by atoms with Crippen molar-refractivity contribution in [3.05, 3.63) is 49.2 Å². The Bertz CT molecular complexity index is 615. The molecule has 2 heterocycles. The standard InChI is InChI=1S/C11H11N.C4H6N2O2/c1-2-8-12-9-7-10-5-3-4-6-11(10)12;7-3-4(8)6-2-1-5-3/h2-7,9H,1,8H2;1-2H2,(H,5,7)(H,6,8). The Morgan fingerprint density at radius 1 is 1.10 bits per heavy atom. The van der Waals surface area contributed by atoms with Crippen molar-refractivity contribution in [1.29, 1.82) is 0 Å². The van der Waals surface area contributed by atoms with E-state index in [1.807, 2.05) is 6.08 Å². The van der Waals surface area contributed by atoms with E-state index in [0.29, 0.717) is 13.1 Å². The van der Waals surface area contributed by atoms with Gasteiger partial charge in [0.15, 0.2) is 0 Å². The minimum Gasteiger partial charge on any atom is -0.346 e. The third-order valence-electron chi connectivity index (χ3n) is 2.91. The van der Waals surface area contributed by atoms with Crippen LogP contribution in [0.25, 0.3) is 10.9 Å². The number of amides is 2. The number of rotatable bonds is 2. The van der Waals surface area contributed by atoms with Crippen LogP contribution in [-0.2, 0) is 16.1 Å². The van der Waals surface area contributed by atoms with E-state index in [1.165, 1.54) is 10.9 Å². The lowest BCUT2D eigenvalue weighted by Crippen LogP contribution is -2.49. The maximum absolute atomic E-state index is 10.3. The van der Waals surface area contributed by atoms with E-state index in [9.17, 15) is 9.59 Å². The molecule has 104 valence electrons. The summed E-state index contributed by atoms with van der Waals surface area (Å²) < 4.78 is 2.18. The number of carbonyl (C=O) groups is 2. The number of piperazine rings is 1. The lowest BCUT2D eigenvalue weighted by molar-refractivity contribution is -0.140. The molecule has 2 N–H and O–H groups in total. The highest BCUT2D eigenvalue weighted by Gasteiger charge is 2.15. The van der Waals surface area contributed by atoms with Crippen molar-refractivity contribution in [3.8, 4) is 0 Å². The molecule has 1 fully saturated rings. The smallest absolute Gasteiger partial charge is 0.309 e. The molecule has 2 aromatic rings. The number of aromatic nitrogens is 1. The summed E-state index contributed by atoms with van der Waals surface area (Å²) in [6.07, 6.45) is 4.00. The highest BCUT2D eigenvalue weighted by Crippen LogP contribution is 2.14. The lowest BCUT2D eigenvalue weighted by atomic mass is 10.2. The fraction of sp³-hybridized carbons (Fsp3) is 0.200. The molecule has 1 aliphatic heterocycles. The number of fused-ring (bicyclic) bond motifs is 1. The van der Waals surface area contributed by atoms with Crippen LogP contribution in [0, 0.1) is 0 Å². The largest absolute Gasteiger partial charge is 0.346 e. The number of nitrogens with zero attached hydrogens (tertiary/aromatic N) is 1. The van der Waals surface area contributed by atoms with E-state index in [-0.39, 0.29) is 0 Å². The molecule has 3 rings (SSSR count). The fourth-order valence-corrected chi connectivity index (χ4v) is 1.95. The van der Waals surface area contributed by atoms with Crippen LogP contribution in [-0.4, -0.2) is 29.5 Å². The zero-order valence-electron chi connectivity index (χ0n) is 11.1. The minimum atomic E-state index is -0.531. The van der Waals surface area contributed by atoms with Crippen molar-refractivity contribution >= 4 is 22.7 Å². The number of hydrogen-bond acceptors (Lipinski definition) is 2. The van der Waals surface area contributed by atoms with Crippen molar-refractivity contribution in [2.45, 2.75) is 6.54 Å². The first-order valence-corrected chi connectivity index (χ1v) is 6.43. The molecule has 5 nitrogen and oxygen atoms in total. The van der Waals surface area contributed by atoms with Gasteiger partial charge in [0.1, 0.15) is 0 Å². The molecule has 0 atom stereocenters. The van der Waals surface area contributed by atoms with Crippen LogP contribution < -0.4 is 10.6 Å². The second-order valence-corrected chi connectivity index (χ2v) is 4.33. The van der Waals surface area contributed by atoms with Crippen LogP contribution in [0.15, 0.2) is 49.2 Å². The van der Waals surface area contributed by atoms with Gasteiger partial charge in [0.2, 0.25) is 0 Å². The molecule has 20 heavy (non-hydrogen) atoms. The van der Waals surface area contributed by atoms with Gasteiger partial charge in [-0.05, 0) is 17.5 Å². The Hall–Kier alpha value is -2.56. The second-order valence-electron chi connectivity index (χ2n) is 4.33. The first-order chi connectivity index (χ1) is 9.72. The molecule has 0 saturated carbocycles. The van der Waals surface area contributed by atoms with Crippen molar-refractivity contribution in [2.24, 2.45) is 0 Å². The zero-order chi connectivity index (χ0) is 14.4. The molecule has 5 heteroatoms. The average molecular weight is 271 g/mol. The topological polar surface area (TPSA) is 63.1 Å². The summed E-state index contributed by atoms with van der Waals surface area (Å²) in [4.78, 5) is 20.5. The minimum absolute atomic E-state index is 0.531. The van der Waals surface area contributed by atoms with Crippen molar-refractivity contribution in [2.75, 3.05) is 13.1 Å². The fourth-order valence-electron chi connectivity index (χ4n) is 1.95. The maximum Gasteiger partial charge on any atom is 0.309 e. The van der Waals surface area contributed by atoms with Gasteiger partial charge in [-0.25, -0.2) is 0 Å². The summed E-state index contributed by atoms with van der Waals surface area (Å²) in [6, 6.07) is 10.5. The SMILES string of the molecule is C=CCn1ccc2ccccc21.O=C1NCCNC1=O. The highest BCUT2D eigenvalue weighted by atomic mass is 16.2. The number of para-hydroxylation sites is 1. The molecule has 1 aromatic carbocycles. The molecule has 0 unspecified atom stereocenters. The summed E-state index contributed by atoms with van der Waals surface area (Å²) in [5.74, 6) is -1.06. The Balaban J connectivity index is 0.000000160. The molecule has 0 bridgehead atoms. The summed E-state index contributed by atoms with van der Waals surface area (Å²) in [5, 5.41) is 6.05. The van der Waals surface area contributed by atoms with Gasteiger partial charge in [-0.1, -0.05) is 24.3 Å². The van der Waals surface area contributed by atoms with E-state index in [1.54, 1.807) is 0 Å². The summed E-state index contributed by atoms with van der Waals surface area (Å²) in [6.45, 7) is 5.70. The van der Waals surface area contributed by atoms with Crippen LogP contribution in [0.5, 0.6) is 0 Å². The van der Waals surface area contributed by atoms with Crippen LogP contribution in [0.2, 0.25) is 0 Å². The first-order valence-electron chi connectivity index (χ1n) is 6.43. The number of allylic oxidation sites excluding steroid dienone is 1. The molecule has 1 aliphatic rings. The first kappa shape index (κ1) is 13.9. The van der Waals surface area contributed by atoms with Crippen molar-refractivity contribution in [3.63, 3.8) is 0 Å². The normalized spacial score (nSPS) is 14.0.